The summed E-state index contributed by atoms with van der Waals surface area (Å²) in [5.41, 5.74) is 0. The Labute approximate surface area is 433 Å². The molecule has 0 N–H and O–H groups in total. The second-order valence-corrected chi connectivity index (χ2v) is 13.7. The van der Waals surface area contributed by atoms with E-state index in [1.807, 2.05) is 0 Å². The summed E-state index contributed by atoms with van der Waals surface area (Å²) in [5.74, 6) is -0.532. The number of pyridine rings is 2. The number of alkyl halides is 4. The topological polar surface area (TPSA) is 71.9 Å². The smallest absolute Gasteiger partial charge is 0.0967 e. The minimum absolute atomic E-state index is 0. The average Bonchev–Trinajstić information content (AvgIpc) is 3.06. The van der Waals surface area contributed by atoms with Gasteiger partial charge in [0.05, 0.1) is 10.7 Å². The van der Waals surface area contributed by atoms with E-state index in [1.54, 1.807) is 24.3 Å². The molecular weight excluding hydrogens is 1210 g/mol. The van der Waals surface area contributed by atoms with E-state index in [1.165, 1.54) is 115 Å². The molecule has 14 heteroatoms. The predicted molar refractivity (Wildman–Crippen MR) is 239 cm³/mol. The van der Waals surface area contributed by atoms with Crippen molar-refractivity contribution in [1.82, 2.24) is 9.97 Å². The van der Waals surface area contributed by atoms with Gasteiger partial charge in [-0.3, -0.25) is 9.97 Å². The fourth-order valence-corrected chi connectivity index (χ4v) is 4.55. The van der Waals surface area contributed by atoms with E-state index in [9.17, 15) is 10.2 Å². The molecule has 0 atom stereocenters. The summed E-state index contributed by atoms with van der Waals surface area (Å²) in [6.07, 6.45) is 56.0. The van der Waals surface area contributed by atoms with E-state index in [-0.39, 0.29) is 100 Å². The molecule has 2 aromatic rings. The molecule has 2 aromatic heterocycles. The van der Waals surface area contributed by atoms with Crippen LogP contribution >= 0.6 is 46.4 Å². The Kier molecular flexibility index (Phi) is 73.5. The van der Waals surface area contributed by atoms with Crippen LogP contribution in [0.3, 0.4) is 0 Å². The third-order valence-electron chi connectivity index (χ3n) is 6.73. The van der Waals surface area contributed by atoms with Crippen LogP contribution in [-0.4, -0.2) is 20.6 Å². The van der Waals surface area contributed by atoms with Crippen molar-refractivity contribution in [3.05, 3.63) is 134 Å². The fourth-order valence-electron chi connectivity index (χ4n) is 4.22. The molecule has 4 aliphatic carbocycles. The molecule has 0 saturated heterocycles. The number of hydrogen-bond acceptors (Lipinski definition) is 6. The van der Waals surface area contributed by atoms with Crippen molar-refractivity contribution < 1.29 is 88.1 Å². The van der Waals surface area contributed by atoms with Gasteiger partial charge in [0.1, 0.15) is 0 Å². The molecule has 4 aliphatic rings. The second kappa shape index (κ2) is 61.2. The van der Waals surface area contributed by atoms with E-state index < -0.39 is 0 Å². The predicted octanol–water partition coefficient (Wildman–Crippen LogP) is 13.6. The van der Waals surface area contributed by atoms with Crippen LogP contribution in [0.15, 0.2) is 144 Å². The van der Waals surface area contributed by atoms with E-state index in [4.69, 9.17) is 46.4 Å². The average molecular weight is 1260 g/mol. The summed E-state index contributed by atoms with van der Waals surface area (Å²) in [7, 11) is 0. The Bertz CT molecular complexity index is 1070. The van der Waals surface area contributed by atoms with Gasteiger partial charge in [-0.25, -0.2) is 0 Å². The molecule has 0 bridgehead atoms. The summed E-state index contributed by atoms with van der Waals surface area (Å²) < 4.78 is 0. The van der Waals surface area contributed by atoms with Crippen molar-refractivity contribution in [3.8, 4) is 11.8 Å². The SMILES string of the molecule is C1=C\CC/C=C\CC/1.C1=C\CC/C=C\CC/1.C1=C\CC/C=C\CC/1.C1=C\CC/C=C\CC/1.ClCCl.ClCCl.[O-]c1cccc([S-])n1.[O-]c1cccc([S-])n1.[Rh].[Rh].[Rh].[Rh]. The van der Waals surface area contributed by atoms with Crippen molar-refractivity contribution in [2.24, 2.45) is 0 Å². The monoisotopic (exact) mass is 1260 g/mol. The summed E-state index contributed by atoms with van der Waals surface area (Å²) in [6, 6.07) is 9.15. The van der Waals surface area contributed by atoms with Gasteiger partial charge in [0.15, 0.2) is 0 Å². The maximum Gasteiger partial charge on any atom is 0.0967 e. The van der Waals surface area contributed by atoms with E-state index in [0.29, 0.717) is 10.1 Å². The van der Waals surface area contributed by atoms with E-state index in [0.717, 1.165) is 0 Å². The fraction of sp³-hybridized carbons (Fsp3) is 0.409. The van der Waals surface area contributed by atoms with Gasteiger partial charge in [-0.05, 0) is 114 Å². The summed E-state index contributed by atoms with van der Waals surface area (Å²) >= 11 is 28.2. The van der Waals surface area contributed by atoms with E-state index in [2.05, 4.69) is 132 Å². The van der Waals surface area contributed by atoms with Crippen LogP contribution in [0, 0.1) is 0 Å². The zero-order valence-corrected chi connectivity index (χ0v) is 44.0. The first-order chi connectivity index (χ1) is 26.4. The van der Waals surface area contributed by atoms with Gasteiger partial charge in [0.25, 0.3) is 0 Å². The second-order valence-electron chi connectivity index (χ2n) is 11.2. The van der Waals surface area contributed by atoms with Gasteiger partial charge in [0.2, 0.25) is 0 Å². The van der Waals surface area contributed by atoms with Crippen LogP contribution in [-0.2, 0) is 103 Å². The van der Waals surface area contributed by atoms with Crippen LogP contribution in [0.2, 0.25) is 0 Å². The summed E-state index contributed by atoms with van der Waals surface area (Å²) in [5, 5.41) is 21.7. The zero-order chi connectivity index (χ0) is 40.0. The van der Waals surface area contributed by atoms with Crippen molar-refractivity contribution in [2.75, 3.05) is 10.7 Å². The molecule has 0 aliphatic heterocycles. The van der Waals surface area contributed by atoms with Crippen molar-refractivity contribution in [1.29, 1.82) is 0 Å². The molecule has 0 amide bonds. The summed E-state index contributed by atoms with van der Waals surface area (Å²) in [6.45, 7) is 0. The third-order valence-corrected chi connectivity index (χ3v) is 7.18. The normalized spacial score (nSPS) is 18.6. The largest absolute Gasteiger partial charge is 0.859 e. The molecule has 0 aromatic carbocycles. The number of hydrogen-bond donors (Lipinski definition) is 0. The maximum atomic E-state index is 10.3. The molecule has 6 rings (SSSR count). The van der Waals surface area contributed by atoms with Gasteiger partial charge in [-0.15, -0.1) is 46.4 Å². The van der Waals surface area contributed by atoms with Crippen molar-refractivity contribution in [2.45, 2.75) is 113 Å². The Morgan fingerprint density at radius 1 is 0.345 bits per heavy atom. The molecule has 336 valence electrons. The first-order valence-electron chi connectivity index (χ1n) is 18.5. The van der Waals surface area contributed by atoms with Gasteiger partial charge < -0.3 is 35.5 Å². The van der Waals surface area contributed by atoms with Gasteiger partial charge in [-0.1, -0.05) is 144 Å². The minimum Gasteiger partial charge on any atom is -0.859 e. The van der Waals surface area contributed by atoms with Gasteiger partial charge in [-0.2, -0.15) is 0 Å². The van der Waals surface area contributed by atoms with Crippen LogP contribution in [0.25, 0.3) is 0 Å². The number of rotatable bonds is 0. The Hall–Kier alpha value is -0.0865. The molecule has 4 radical (unpaired) electrons. The van der Waals surface area contributed by atoms with Gasteiger partial charge in [0, 0.05) is 77.9 Å². The molecule has 4 nitrogen and oxygen atoms in total. The van der Waals surface area contributed by atoms with Crippen molar-refractivity contribution >= 4 is 71.7 Å². The first-order valence-corrected chi connectivity index (χ1v) is 21.4. The molecule has 0 unspecified atom stereocenters. The molecular formula is C44H58Cl4N2O2Rh4S2-4. The number of aromatic nitrogens is 2. The molecule has 0 saturated carbocycles. The van der Waals surface area contributed by atoms with Crippen LogP contribution in [0.5, 0.6) is 11.8 Å². The van der Waals surface area contributed by atoms with Crippen LogP contribution in [0.1, 0.15) is 103 Å². The van der Waals surface area contributed by atoms with Gasteiger partial charge >= 0.3 is 0 Å². The van der Waals surface area contributed by atoms with Crippen LogP contribution in [0.4, 0.5) is 0 Å². The quantitative estimate of drug-likeness (QED) is 0.113. The maximum absolute atomic E-state index is 10.3. The molecule has 0 fully saturated rings. The third kappa shape index (κ3) is 62.6. The Morgan fingerprint density at radius 3 is 0.569 bits per heavy atom. The number of halogens is 4. The molecule has 0 spiro atoms. The number of nitrogens with zero attached hydrogens (tertiary/aromatic N) is 2. The number of allylic oxidation sites excluding steroid dienone is 16. The minimum atomic E-state index is -0.266. The first kappa shape index (κ1) is 69.6. The summed E-state index contributed by atoms with van der Waals surface area (Å²) in [4.78, 5) is 6.87. The zero-order valence-electron chi connectivity index (χ0n) is 32.8. The molecule has 58 heavy (non-hydrogen) atoms. The van der Waals surface area contributed by atoms with Crippen molar-refractivity contribution in [3.63, 3.8) is 0 Å². The molecule has 2 heterocycles. The Morgan fingerprint density at radius 2 is 0.483 bits per heavy atom. The Balaban J connectivity index is -0.000000134. The van der Waals surface area contributed by atoms with Crippen LogP contribution < -0.4 is 10.2 Å². The standard InChI is InChI=1S/4C8H12.2C5H5NOS.2CH2Cl2.4Rh/c4*1-2-4-6-8-7-5-3-1;2*7-4-2-1-3-5(8)6-4;2*2-1-3;;;;/h4*1-2,7-8H,3-6H2;2*1-3H,(H2,6,7,8);2*1H2;;;;/p-4/b4*2-1-,8-7-;;;;;;;;. The van der Waals surface area contributed by atoms with E-state index >= 15 is 0 Å².